The molecule has 4 heterocycles. The zero-order valence-corrected chi connectivity index (χ0v) is 22.4. The van der Waals surface area contributed by atoms with Crippen molar-refractivity contribution >= 4 is 37.4 Å². The van der Waals surface area contributed by atoms with Crippen molar-refractivity contribution in [3.05, 3.63) is 29.6 Å². The maximum atomic E-state index is 13.5. The number of sulfonamides is 1. The molecular formula is C25H36N4O5S2. The SMILES string of the molecule is CC1CC(N2CCN(C(=O)COCC3COCCN3S(=O)(=O)c3csc4ccccc34)CC2)CCN1. The minimum Gasteiger partial charge on any atom is -0.378 e. The van der Waals surface area contributed by atoms with Gasteiger partial charge < -0.3 is 19.7 Å². The van der Waals surface area contributed by atoms with Crippen molar-refractivity contribution in [1.29, 1.82) is 0 Å². The summed E-state index contributed by atoms with van der Waals surface area (Å²) in [7, 11) is -3.71. The normalized spacial score (nSPS) is 26.9. The molecule has 5 rings (SSSR count). The van der Waals surface area contributed by atoms with Gasteiger partial charge in [0, 0.05) is 60.3 Å². The molecular weight excluding hydrogens is 500 g/mol. The van der Waals surface area contributed by atoms with Crippen LogP contribution in [0.1, 0.15) is 19.8 Å². The Morgan fingerprint density at radius 2 is 2.00 bits per heavy atom. The molecule has 9 nitrogen and oxygen atoms in total. The fourth-order valence-electron chi connectivity index (χ4n) is 5.51. The van der Waals surface area contributed by atoms with Gasteiger partial charge in [-0.25, -0.2) is 8.42 Å². The number of carbonyl (C=O) groups excluding carboxylic acids is 1. The van der Waals surface area contributed by atoms with E-state index in [2.05, 4.69) is 17.1 Å². The van der Waals surface area contributed by atoms with Crippen LogP contribution < -0.4 is 5.32 Å². The first-order chi connectivity index (χ1) is 17.4. The minimum atomic E-state index is -3.71. The highest BCUT2D eigenvalue weighted by Gasteiger charge is 2.36. The molecule has 1 aromatic carbocycles. The number of fused-ring (bicyclic) bond motifs is 1. The predicted molar refractivity (Wildman–Crippen MR) is 140 cm³/mol. The summed E-state index contributed by atoms with van der Waals surface area (Å²) in [5.74, 6) is -0.0386. The number of benzene rings is 1. The number of hydrogen-bond acceptors (Lipinski definition) is 8. The highest BCUT2D eigenvalue weighted by Crippen LogP contribution is 2.32. The van der Waals surface area contributed by atoms with Crippen LogP contribution in [0, 0.1) is 0 Å². The molecule has 0 spiro atoms. The van der Waals surface area contributed by atoms with Gasteiger partial charge in [0.25, 0.3) is 0 Å². The van der Waals surface area contributed by atoms with E-state index in [1.807, 2.05) is 29.2 Å². The van der Waals surface area contributed by atoms with Crippen molar-refractivity contribution in [2.75, 3.05) is 65.7 Å². The maximum Gasteiger partial charge on any atom is 0.248 e. The topological polar surface area (TPSA) is 91.4 Å². The number of piperidine rings is 1. The van der Waals surface area contributed by atoms with Crippen LogP contribution in [0.3, 0.4) is 0 Å². The minimum absolute atomic E-state index is 0.0386. The fourth-order valence-corrected chi connectivity index (χ4v) is 8.57. The summed E-state index contributed by atoms with van der Waals surface area (Å²) in [5.41, 5.74) is 0. The van der Waals surface area contributed by atoms with E-state index in [4.69, 9.17) is 9.47 Å². The van der Waals surface area contributed by atoms with Crippen LogP contribution in [0.4, 0.5) is 0 Å². The van der Waals surface area contributed by atoms with E-state index < -0.39 is 16.1 Å². The first-order valence-corrected chi connectivity index (χ1v) is 15.1. The number of amides is 1. The Bertz CT molecular complexity index is 1150. The van der Waals surface area contributed by atoms with E-state index in [0.29, 0.717) is 36.7 Å². The number of thiophene rings is 1. The second-order valence-electron chi connectivity index (χ2n) is 9.91. The number of nitrogens with zero attached hydrogens (tertiary/aromatic N) is 3. The molecule has 3 aliphatic rings. The van der Waals surface area contributed by atoms with Crippen LogP contribution in [0.25, 0.3) is 10.1 Å². The van der Waals surface area contributed by atoms with Crippen molar-refractivity contribution in [2.45, 2.75) is 42.8 Å². The van der Waals surface area contributed by atoms with Crippen LogP contribution in [-0.2, 0) is 24.3 Å². The Balaban J connectivity index is 1.13. The second kappa shape index (κ2) is 11.4. The quantitative estimate of drug-likeness (QED) is 0.575. The highest BCUT2D eigenvalue weighted by molar-refractivity contribution is 7.89. The van der Waals surface area contributed by atoms with Gasteiger partial charge in [0.1, 0.15) is 11.5 Å². The zero-order chi connectivity index (χ0) is 25.1. The third-order valence-electron chi connectivity index (χ3n) is 7.52. The van der Waals surface area contributed by atoms with Gasteiger partial charge in [0.2, 0.25) is 15.9 Å². The molecule has 1 amide bonds. The van der Waals surface area contributed by atoms with Crippen LogP contribution in [0.5, 0.6) is 0 Å². The molecule has 1 aromatic heterocycles. The Morgan fingerprint density at radius 1 is 1.19 bits per heavy atom. The molecule has 36 heavy (non-hydrogen) atoms. The van der Waals surface area contributed by atoms with Crippen LogP contribution >= 0.6 is 11.3 Å². The van der Waals surface area contributed by atoms with Gasteiger partial charge in [0.05, 0.1) is 25.9 Å². The number of piperazine rings is 1. The molecule has 0 saturated carbocycles. The van der Waals surface area contributed by atoms with Gasteiger partial charge in [0.15, 0.2) is 0 Å². The monoisotopic (exact) mass is 536 g/mol. The fraction of sp³-hybridized carbons (Fsp3) is 0.640. The molecule has 2 aromatic rings. The second-order valence-corrected chi connectivity index (χ2v) is 12.7. The summed E-state index contributed by atoms with van der Waals surface area (Å²) in [6, 6.07) is 8.20. The summed E-state index contributed by atoms with van der Waals surface area (Å²) in [4.78, 5) is 17.5. The van der Waals surface area contributed by atoms with Gasteiger partial charge in [-0.05, 0) is 32.4 Å². The third kappa shape index (κ3) is 5.62. The molecule has 0 radical (unpaired) electrons. The van der Waals surface area contributed by atoms with Gasteiger partial charge in [-0.1, -0.05) is 18.2 Å². The number of nitrogens with one attached hydrogen (secondary N) is 1. The van der Waals surface area contributed by atoms with E-state index in [-0.39, 0.29) is 32.3 Å². The predicted octanol–water partition coefficient (Wildman–Crippen LogP) is 1.59. The molecule has 3 fully saturated rings. The van der Waals surface area contributed by atoms with Crippen molar-refractivity contribution in [2.24, 2.45) is 0 Å². The summed E-state index contributed by atoms with van der Waals surface area (Å²) in [6.45, 7) is 7.42. The number of ether oxygens (including phenoxy) is 2. The summed E-state index contributed by atoms with van der Waals surface area (Å²) in [5, 5.41) is 5.95. The van der Waals surface area contributed by atoms with Crippen molar-refractivity contribution in [3.63, 3.8) is 0 Å². The first kappa shape index (κ1) is 26.0. The molecule has 0 bridgehead atoms. The molecule has 0 aliphatic carbocycles. The number of carbonyl (C=O) groups is 1. The average molecular weight is 537 g/mol. The van der Waals surface area contributed by atoms with E-state index >= 15 is 0 Å². The lowest BCUT2D eigenvalue weighted by molar-refractivity contribution is -0.139. The average Bonchev–Trinajstić information content (AvgIpc) is 3.34. The standard InChI is InChI=1S/C25H36N4O5S2/c1-19-14-20(6-7-26-19)27-8-10-28(11-9-27)25(30)17-34-16-21-15-33-13-12-29(21)36(31,32)24-18-35-23-5-3-2-4-22(23)24/h2-5,18-21,26H,6-17H2,1H3. The number of rotatable bonds is 7. The third-order valence-corrected chi connectivity index (χ3v) is 10.6. The van der Waals surface area contributed by atoms with Gasteiger partial charge in [-0.15, -0.1) is 11.3 Å². The molecule has 3 atom stereocenters. The molecule has 198 valence electrons. The molecule has 3 saturated heterocycles. The molecule has 1 N–H and O–H groups in total. The summed E-state index contributed by atoms with van der Waals surface area (Å²) < 4.78 is 40.8. The van der Waals surface area contributed by atoms with Crippen LogP contribution in [0.2, 0.25) is 0 Å². The largest absolute Gasteiger partial charge is 0.378 e. The van der Waals surface area contributed by atoms with Gasteiger partial charge in [-0.2, -0.15) is 4.31 Å². The Kier molecular flexibility index (Phi) is 8.26. The van der Waals surface area contributed by atoms with Gasteiger partial charge in [-0.3, -0.25) is 9.69 Å². The number of morpholine rings is 1. The van der Waals surface area contributed by atoms with Gasteiger partial charge >= 0.3 is 0 Å². The Hall–Kier alpha value is -1.60. The van der Waals surface area contributed by atoms with E-state index in [1.54, 1.807) is 5.38 Å². The van der Waals surface area contributed by atoms with Crippen LogP contribution in [-0.4, -0.2) is 112 Å². The van der Waals surface area contributed by atoms with E-state index in [9.17, 15) is 13.2 Å². The maximum absolute atomic E-state index is 13.5. The lowest BCUT2D eigenvalue weighted by Crippen LogP contribution is -2.55. The van der Waals surface area contributed by atoms with Crippen molar-refractivity contribution in [1.82, 2.24) is 19.4 Å². The summed E-state index contributed by atoms with van der Waals surface area (Å²) in [6.07, 6.45) is 2.31. The first-order valence-electron chi connectivity index (χ1n) is 12.8. The van der Waals surface area contributed by atoms with Crippen LogP contribution in [0.15, 0.2) is 34.5 Å². The lowest BCUT2D eigenvalue weighted by Gasteiger charge is -2.42. The van der Waals surface area contributed by atoms with Crippen molar-refractivity contribution in [3.8, 4) is 0 Å². The molecule has 11 heteroatoms. The number of hydrogen-bond donors (Lipinski definition) is 1. The lowest BCUT2D eigenvalue weighted by atomic mass is 9.98. The Labute approximate surface area is 217 Å². The van der Waals surface area contributed by atoms with E-state index in [0.717, 1.165) is 42.6 Å². The highest BCUT2D eigenvalue weighted by atomic mass is 32.2. The Morgan fingerprint density at radius 3 is 2.81 bits per heavy atom. The van der Waals surface area contributed by atoms with Crippen molar-refractivity contribution < 1.29 is 22.7 Å². The summed E-state index contributed by atoms with van der Waals surface area (Å²) >= 11 is 1.43. The van der Waals surface area contributed by atoms with E-state index in [1.165, 1.54) is 15.6 Å². The molecule has 3 unspecified atom stereocenters. The molecule has 3 aliphatic heterocycles. The zero-order valence-electron chi connectivity index (χ0n) is 20.8. The smallest absolute Gasteiger partial charge is 0.248 e.